The summed E-state index contributed by atoms with van der Waals surface area (Å²) in [5.41, 5.74) is 0. The van der Waals surface area contributed by atoms with E-state index in [2.05, 4.69) is 38.2 Å². The monoisotopic (exact) mass is 643 g/mol. The minimum atomic E-state index is -0.664. The second-order valence-corrected chi connectivity index (χ2v) is 12.6. The van der Waals surface area contributed by atoms with Crippen molar-refractivity contribution in [1.29, 1.82) is 0 Å². The van der Waals surface area contributed by atoms with Crippen LogP contribution in [0.15, 0.2) is 60.7 Å². The molecule has 0 heterocycles. The molecule has 0 aliphatic rings. The van der Waals surface area contributed by atoms with Gasteiger partial charge in [-0.3, -0.25) is 9.59 Å². The fourth-order valence-electron chi connectivity index (χ4n) is 5.08. The maximum absolute atomic E-state index is 10.3. The second-order valence-electron chi connectivity index (χ2n) is 12.6. The summed E-state index contributed by atoms with van der Waals surface area (Å²) in [5.74, 6) is -1.33. The predicted octanol–water partition coefficient (Wildman–Crippen LogP) is 13.9. The summed E-state index contributed by atoms with van der Waals surface area (Å²) in [5, 5.41) is 17.0. The first-order chi connectivity index (χ1) is 22.5. The molecule has 0 saturated carbocycles. The van der Waals surface area contributed by atoms with Gasteiger partial charge in [-0.15, -0.1) is 0 Å². The van der Waals surface area contributed by atoms with Crippen molar-refractivity contribution >= 4 is 11.9 Å². The Kier molecular flexibility index (Phi) is 42.4. The fraction of sp³-hybridized carbons (Fsp3) is 0.714. The first-order valence-electron chi connectivity index (χ1n) is 19.3. The van der Waals surface area contributed by atoms with E-state index in [4.69, 9.17) is 10.2 Å². The molecule has 0 spiro atoms. The average Bonchev–Trinajstić information content (AvgIpc) is 3.06. The Bertz CT molecular complexity index is 694. The molecule has 0 atom stereocenters. The number of hydrogen-bond donors (Lipinski definition) is 2. The molecule has 1 aromatic rings. The smallest absolute Gasteiger partial charge is 0.303 e. The summed E-state index contributed by atoms with van der Waals surface area (Å²) in [6, 6.07) is 12.0. The molecule has 0 aliphatic carbocycles. The highest BCUT2D eigenvalue weighted by molar-refractivity contribution is 5.66. The lowest BCUT2D eigenvalue weighted by Gasteiger charge is -1.99. The van der Waals surface area contributed by atoms with Gasteiger partial charge in [-0.05, 0) is 64.2 Å². The molecule has 0 radical (unpaired) electrons. The lowest BCUT2D eigenvalue weighted by atomic mass is 10.1. The van der Waals surface area contributed by atoms with Gasteiger partial charge >= 0.3 is 11.9 Å². The maximum Gasteiger partial charge on any atom is 0.303 e. The van der Waals surface area contributed by atoms with E-state index in [1.165, 1.54) is 141 Å². The normalized spacial score (nSPS) is 10.8. The number of unbranched alkanes of at least 4 members (excludes halogenated alkanes) is 22. The van der Waals surface area contributed by atoms with Crippen LogP contribution in [0, 0.1) is 0 Å². The molecule has 0 bridgehead atoms. The largest absolute Gasteiger partial charge is 0.481 e. The van der Waals surface area contributed by atoms with E-state index < -0.39 is 11.9 Å². The van der Waals surface area contributed by atoms with Crippen molar-refractivity contribution in [2.45, 2.75) is 194 Å². The van der Waals surface area contributed by atoms with Crippen molar-refractivity contribution in [3.63, 3.8) is 0 Å². The highest BCUT2D eigenvalue weighted by Gasteiger charge is 1.97. The van der Waals surface area contributed by atoms with E-state index in [0.717, 1.165) is 25.7 Å². The first kappa shape index (κ1) is 45.8. The molecular weight excluding hydrogens is 568 g/mol. The molecule has 0 amide bonds. The number of carboxylic acid groups (broad SMARTS) is 2. The number of rotatable bonds is 30. The van der Waals surface area contributed by atoms with Gasteiger partial charge in [0.05, 0.1) is 0 Å². The third-order valence-corrected chi connectivity index (χ3v) is 7.97. The van der Waals surface area contributed by atoms with Gasteiger partial charge < -0.3 is 10.2 Å². The van der Waals surface area contributed by atoms with Gasteiger partial charge in [0.2, 0.25) is 0 Å². The van der Waals surface area contributed by atoms with Crippen LogP contribution in [0.3, 0.4) is 0 Å². The lowest BCUT2D eigenvalue weighted by Crippen LogP contribution is -1.93. The SMILES string of the molecule is CCCCCCCC/C=C\CCCCCCCC(=O)O.CCCCCCCC/C=C\CCCCCCCC(=O)O.c1ccccc1. The summed E-state index contributed by atoms with van der Waals surface area (Å²) in [7, 11) is 0. The summed E-state index contributed by atoms with van der Waals surface area (Å²) < 4.78 is 0. The molecule has 0 aliphatic heterocycles. The minimum absolute atomic E-state index is 0.332. The molecule has 46 heavy (non-hydrogen) atoms. The standard InChI is InChI=1S/2C18H34O2.C6H6/c2*1-2-3-4-5-6-7-8-9-10-11-12-13-14-15-16-17-18(19)20;1-2-4-6-5-3-1/h2*9-10H,2-8,11-17H2,1H3,(H,19,20);1-6H/b2*10-9-;. The highest BCUT2D eigenvalue weighted by atomic mass is 16.4. The number of hydrogen-bond acceptors (Lipinski definition) is 2. The number of carbonyl (C=O) groups is 2. The van der Waals surface area contributed by atoms with Gasteiger partial charge in [0.1, 0.15) is 0 Å². The summed E-state index contributed by atoms with van der Waals surface area (Å²) in [4.78, 5) is 20.6. The van der Waals surface area contributed by atoms with Crippen LogP contribution < -0.4 is 0 Å². The van der Waals surface area contributed by atoms with Crippen molar-refractivity contribution in [3.05, 3.63) is 60.7 Å². The summed E-state index contributed by atoms with van der Waals surface area (Å²) in [6.45, 7) is 4.52. The Balaban J connectivity index is 0. The molecule has 4 nitrogen and oxygen atoms in total. The maximum atomic E-state index is 10.3. The lowest BCUT2D eigenvalue weighted by molar-refractivity contribution is -0.138. The molecule has 0 aromatic heterocycles. The fourth-order valence-corrected chi connectivity index (χ4v) is 5.08. The third kappa shape index (κ3) is 48.5. The van der Waals surface area contributed by atoms with Gasteiger partial charge in [-0.1, -0.05) is 177 Å². The van der Waals surface area contributed by atoms with Crippen molar-refractivity contribution < 1.29 is 19.8 Å². The first-order valence-corrected chi connectivity index (χ1v) is 19.3. The van der Waals surface area contributed by atoms with E-state index in [0.29, 0.717) is 12.8 Å². The Morgan fingerprint density at radius 1 is 0.370 bits per heavy atom. The topological polar surface area (TPSA) is 74.6 Å². The minimum Gasteiger partial charge on any atom is -0.481 e. The Morgan fingerprint density at radius 2 is 0.587 bits per heavy atom. The third-order valence-electron chi connectivity index (χ3n) is 7.97. The van der Waals surface area contributed by atoms with Crippen LogP contribution >= 0.6 is 0 Å². The Morgan fingerprint density at radius 3 is 0.826 bits per heavy atom. The van der Waals surface area contributed by atoms with Gasteiger partial charge in [0, 0.05) is 12.8 Å². The van der Waals surface area contributed by atoms with E-state index in [1.807, 2.05) is 36.4 Å². The van der Waals surface area contributed by atoms with Crippen molar-refractivity contribution in [3.8, 4) is 0 Å². The average molecular weight is 643 g/mol. The van der Waals surface area contributed by atoms with E-state index in [-0.39, 0.29) is 0 Å². The second kappa shape index (κ2) is 42.6. The van der Waals surface area contributed by atoms with E-state index in [9.17, 15) is 9.59 Å². The zero-order valence-electron chi connectivity index (χ0n) is 30.3. The molecule has 0 saturated heterocycles. The van der Waals surface area contributed by atoms with E-state index in [1.54, 1.807) is 0 Å². The molecule has 0 unspecified atom stereocenters. The van der Waals surface area contributed by atoms with Crippen LogP contribution in [0.25, 0.3) is 0 Å². The highest BCUT2D eigenvalue weighted by Crippen LogP contribution is 2.11. The number of allylic oxidation sites excluding steroid dienone is 4. The van der Waals surface area contributed by atoms with Crippen LogP contribution in [-0.2, 0) is 9.59 Å². The Labute approximate surface area is 285 Å². The van der Waals surface area contributed by atoms with Crippen LogP contribution in [0.4, 0.5) is 0 Å². The van der Waals surface area contributed by atoms with Gasteiger partial charge in [-0.25, -0.2) is 0 Å². The molecular formula is C42H74O4. The zero-order valence-corrected chi connectivity index (χ0v) is 30.3. The van der Waals surface area contributed by atoms with Crippen LogP contribution in [0.5, 0.6) is 0 Å². The summed E-state index contributed by atoms with van der Waals surface area (Å²) >= 11 is 0. The quantitative estimate of drug-likeness (QED) is 0.0647. The van der Waals surface area contributed by atoms with E-state index >= 15 is 0 Å². The zero-order chi connectivity index (χ0) is 34.0. The van der Waals surface area contributed by atoms with Crippen molar-refractivity contribution in [2.75, 3.05) is 0 Å². The molecule has 4 heteroatoms. The predicted molar refractivity (Wildman–Crippen MR) is 201 cm³/mol. The Hall–Kier alpha value is -2.36. The van der Waals surface area contributed by atoms with Crippen LogP contribution in [0.1, 0.15) is 194 Å². The van der Waals surface area contributed by atoms with Crippen molar-refractivity contribution in [2.24, 2.45) is 0 Å². The van der Waals surface area contributed by atoms with Crippen molar-refractivity contribution in [1.82, 2.24) is 0 Å². The molecule has 266 valence electrons. The van der Waals surface area contributed by atoms with Gasteiger partial charge in [-0.2, -0.15) is 0 Å². The van der Waals surface area contributed by atoms with Crippen LogP contribution in [0.2, 0.25) is 0 Å². The number of carboxylic acids is 2. The van der Waals surface area contributed by atoms with Crippen LogP contribution in [-0.4, -0.2) is 22.2 Å². The molecule has 0 fully saturated rings. The molecule has 1 aromatic carbocycles. The van der Waals surface area contributed by atoms with Gasteiger partial charge in [0.15, 0.2) is 0 Å². The summed E-state index contributed by atoms with van der Waals surface area (Å²) in [6.07, 6.45) is 42.5. The number of aliphatic carboxylic acids is 2. The molecule has 2 N–H and O–H groups in total. The van der Waals surface area contributed by atoms with Gasteiger partial charge in [0.25, 0.3) is 0 Å². The molecule has 1 rings (SSSR count). The number of benzene rings is 1.